The smallest absolute Gasteiger partial charge is 0.410 e. The molecule has 1 heterocycles. The lowest BCUT2D eigenvalue weighted by Gasteiger charge is -2.39. The van der Waals surface area contributed by atoms with E-state index in [1.165, 1.54) is 0 Å². The Morgan fingerprint density at radius 3 is 2.60 bits per heavy atom. The molecule has 20 heavy (non-hydrogen) atoms. The molecule has 0 aliphatic carbocycles. The quantitative estimate of drug-likeness (QED) is 0.843. The number of carbonyl (C=O) groups is 1. The third-order valence-electron chi connectivity index (χ3n) is 2.93. The molecule has 1 aliphatic heterocycles. The summed E-state index contributed by atoms with van der Waals surface area (Å²) in [5.41, 5.74) is 0.668. The molecule has 1 aromatic rings. The Bertz CT molecular complexity index is 478. The second-order valence-corrected chi connectivity index (χ2v) is 6.76. The molecule has 1 saturated heterocycles. The van der Waals surface area contributed by atoms with E-state index in [1.807, 2.05) is 45.0 Å². The SMILES string of the molecule is CC(C)(C)OC(=O)N1CC(OCc2ccccc2Br)C1. The van der Waals surface area contributed by atoms with Crippen LogP contribution in [0.15, 0.2) is 28.7 Å². The number of carbonyl (C=O) groups excluding carboxylic acids is 1. The van der Waals surface area contributed by atoms with Crippen LogP contribution in [-0.4, -0.2) is 35.8 Å². The second kappa shape index (κ2) is 6.14. The van der Waals surface area contributed by atoms with Gasteiger partial charge in [0.2, 0.25) is 0 Å². The number of ether oxygens (including phenoxy) is 2. The number of halogens is 1. The summed E-state index contributed by atoms with van der Waals surface area (Å²) in [5.74, 6) is 0. The fourth-order valence-electron chi connectivity index (χ4n) is 1.84. The van der Waals surface area contributed by atoms with Gasteiger partial charge in [-0.25, -0.2) is 4.79 Å². The molecular formula is C15H20BrNO3. The molecule has 5 heteroatoms. The molecule has 1 aromatic carbocycles. The van der Waals surface area contributed by atoms with Gasteiger partial charge in [-0.1, -0.05) is 34.1 Å². The first-order valence-electron chi connectivity index (χ1n) is 6.68. The summed E-state index contributed by atoms with van der Waals surface area (Å²) in [4.78, 5) is 13.4. The van der Waals surface area contributed by atoms with Gasteiger partial charge in [0.15, 0.2) is 0 Å². The molecule has 0 radical (unpaired) electrons. The van der Waals surface area contributed by atoms with Gasteiger partial charge in [0.05, 0.1) is 25.8 Å². The zero-order chi connectivity index (χ0) is 14.8. The van der Waals surface area contributed by atoms with Gasteiger partial charge in [0.25, 0.3) is 0 Å². The highest BCUT2D eigenvalue weighted by Gasteiger charge is 2.34. The van der Waals surface area contributed by atoms with Gasteiger partial charge in [-0.3, -0.25) is 0 Å². The Morgan fingerprint density at radius 2 is 2.00 bits per heavy atom. The van der Waals surface area contributed by atoms with Gasteiger partial charge >= 0.3 is 6.09 Å². The van der Waals surface area contributed by atoms with Crippen molar-refractivity contribution in [2.24, 2.45) is 0 Å². The van der Waals surface area contributed by atoms with Crippen molar-refractivity contribution in [2.75, 3.05) is 13.1 Å². The van der Waals surface area contributed by atoms with Crippen LogP contribution in [0.2, 0.25) is 0 Å². The highest BCUT2D eigenvalue weighted by Crippen LogP contribution is 2.21. The van der Waals surface area contributed by atoms with Gasteiger partial charge < -0.3 is 14.4 Å². The molecule has 0 aromatic heterocycles. The summed E-state index contributed by atoms with van der Waals surface area (Å²) in [5, 5.41) is 0. The van der Waals surface area contributed by atoms with Crippen molar-refractivity contribution >= 4 is 22.0 Å². The van der Waals surface area contributed by atoms with E-state index in [0.717, 1.165) is 10.0 Å². The maximum Gasteiger partial charge on any atom is 0.410 e. The van der Waals surface area contributed by atoms with Crippen molar-refractivity contribution in [3.8, 4) is 0 Å². The average Bonchev–Trinajstić information content (AvgIpc) is 2.26. The fraction of sp³-hybridized carbons (Fsp3) is 0.533. The topological polar surface area (TPSA) is 38.8 Å². The van der Waals surface area contributed by atoms with Crippen LogP contribution in [0, 0.1) is 0 Å². The van der Waals surface area contributed by atoms with Crippen LogP contribution in [0.5, 0.6) is 0 Å². The van der Waals surface area contributed by atoms with E-state index in [1.54, 1.807) is 4.90 Å². The first-order valence-corrected chi connectivity index (χ1v) is 7.47. The van der Waals surface area contributed by atoms with Gasteiger partial charge in [-0.05, 0) is 32.4 Å². The van der Waals surface area contributed by atoms with Crippen LogP contribution in [0.3, 0.4) is 0 Å². The van der Waals surface area contributed by atoms with Crippen LogP contribution in [0.25, 0.3) is 0 Å². The molecule has 4 nitrogen and oxygen atoms in total. The van der Waals surface area contributed by atoms with Crippen LogP contribution in [-0.2, 0) is 16.1 Å². The molecule has 1 amide bonds. The summed E-state index contributed by atoms with van der Waals surface area (Å²) in [7, 11) is 0. The van der Waals surface area contributed by atoms with Crippen LogP contribution >= 0.6 is 15.9 Å². The molecule has 1 aliphatic rings. The van der Waals surface area contributed by atoms with Crippen LogP contribution in [0.4, 0.5) is 4.79 Å². The number of hydrogen-bond donors (Lipinski definition) is 0. The fourth-order valence-corrected chi connectivity index (χ4v) is 2.24. The Morgan fingerprint density at radius 1 is 1.35 bits per heavy atom. The van der Waals surface area contributed by atoms with E-state index >= 15 is 0 Å². The molecular weight excluding hydrogens is 322 g/mol. The van der Waals surface area contributed by atoms with Crippen molar-refractivity contribution in [1.82, 2.24) is 4.90 Å². The Balaban J connectivity index is 1.72. The minimum absolute atomic E-state index is 0.0922. The van der Waals surface area contributed by atoms with Crippen LogP contribution in [0.1, 0.15) is 26.3 Å². The molecule has 0 atom stereocenters. The third-order valence-corrected chi connectivity index (χ3v) is 3.71. The summed E-state index contributed by atoms with van der Waals surface area (Å²) < 4.78 is 12.1. The van der Waals surface area contributed by atoms with Gasteiger partial charge in [0.1, 0.15) is 5.60 Å². The molecule has 0 bridgehead atoms. The molecule has 1 fully saturated rings. The molecule has 2 rings (SSSR count). The van der Waals surface area contributed by atoms with Gasteiger partial charge in [0, 0.05) is 4.47 Å². The molecule has 0 N–H and O–H groups in total. The number of hydrogen-bond acceptors (Lipinski definition) is 3. The second-order valence-electron chi connectivity index (χ2n) is 5.91. The summed E-state index contributed by atoms with van der Waals surface area (Å²) in [6.45, 7) is 7.34. The number of likely N-dealkylation sites (tertiary alicyclic amines) is 1. The summed E-state index contributed by atoms with van der Waals surface area (Å²) in [6.07, 6.45) is -0.173. The lowest BCUT2D eigenvalue weighted by atomic mass is 10.1. The predicted molar refractivity (Wildman–Crippen MR) is 80.5 cm³/mol. The minimum Gasteiger partial charge on any atom is -0.444 e. The zero-order valence-corrected chi connectivity index (χ0v) is 13.6. The first-order chi connectivity index (χ1) is 9.35. The monoisotopic (exact) mass is 341 g/mol. The standard InChI is InChI=1S/C15H20BrNO3/c1-15(2,3)20-14(18)17-8-12(9-17)19-10-11-6-4-5-7-13(11)16/h4-7,12H,8-10H2,1-3H3. The van der Waals surface area contributed by atoms with Gasteiger partial charge in [-0.15, -0.1) is 0 Å². The normalized spacial score (nSPS) is 15.9. The lowest BCUT2D eigenvalue weighted by Crippen LogP contribution is -2.55. The van der Waals surface area contributed by atoms with Crippen molar-refractivity contribution < 1.29 is 14.3 Å². The summed E-state index contributed by atoms with van der Waals surface area (Å²) in [6, 6.07) is 7.97. The summed E-state index contributed by atoms with van der Waals surface area (Å²) >= 11 is 3.49. The van der Waals surface area contributed by atoms with Gasteiger partial charge in [-0.2, -0.15) is 0 Å². The maximum absolute atomic E-state index is 11.8. The first kappa shape index (κ1) is 15.3. The Kier molecular flexibility index (Phi) is 4.70. The van der Waals surface area contributed by atoms with E-state index < -0.39 is 5.60 Å². The number of benzene rings is 1. The van der Waals surface area contributed by atoms with Crippen LogP contribution < -0.4 is 0 Å². The van der Waals surface area contributed by atoms with E-state index in [0.29, 0.717) is 19.7 Å². The minimum atomic E-state index is -0.446. The largest absolute Gasteiger partial charge is 0.444 e. The van der Waals surface area contributed by atoms with E-state index in [2.05, 4.69) is 15.9 Å². The predicted octanol–water partition coefficient (Wildman–Crippen LogP) is 3.59. The molecule has 0 saturated carbocycles. The number of rotatable bonds is 3. The maximum atomic E-state index is 11.8. The molecule has 110 valence electrons. The zero-order valence-electron chi connectivity index (χ0n) is 12.1. The highest BCUT2D eigenvalue weighted by atomic mass is 79.9. The van der Waals surface area contributed by atoms with Crippen molar-refractivity contribution in [1.29, 1.82) is 0 Å². The lowest BCUT2D eigenvalue weighted by molar-refractivity contribution is -0.0692. The number of nitrogens with zero attached hydrogens (tertiary/aromatic N) is 1. The number of amides is 1. The van der Waals surface area contributed by atoms with Crippen molar-refractivity contribution in [2.45, 2.75) is 39.1 Å². The molecule has 0 spiro atoms. The average molecular weight is 342 g/mol. The Hall–Kier alpha value is -1.07. The van der Waals surface area contributed by atoms with Crippen molar-refractivity contribution in [3.63, 3.8) is 0 Å². The Labute approximate surface area is 128 Å². The third kappa shape index (κ3) is 4.21. The highest BCUT2D eigenvalue weighted by molar-refractivity contribution is 9.10. The van der Waals surface area contributed by atoms with E-state index in [-0.39, 0.29) is 12.2 Å². The van der Waals surface area contributed by atoms with E-state index in [9.17, 15) is 4.79 Å². The van der Waals surface area contributed by atoms with E-state index in [4.69, 9.17) is 9.47 Å². The molecule has 0 unspecified atom stereocenters. The van der Waals surface area contributed by atoms with Crippen molar-refractivity contribution in [3.05, 3.63) is 34.3 Å².